The minimum Gasteiger partial charge on any atom is -0.407 e. The number of amides is 1. The van der Waals surface area contributed by atoms with Gasteiger partial charge in [-0.25, -0.2) is 4.79 Å². The Morgan fingerprint density at radius 3 is 2.93 bits per heavy atom. The summed E-state index contributed by atoms with van der Waals surface area (Å²) in [6.45, 7) is 0.286. The van der Waals surface area contributed by atoms with Crippen LogP contribution < -0.4 is 11.1 Å². The van der Waals surface area contributed by atoms with Crippen LogP contribution >= 0.6 is 11.6 Å². The third-order valence-electron chi connectivity index (χ3n) is 5.17. The van der Waals surface area contributed by atoms with E-state index in [9.17, 15) is 19.7 Å². The lowest BCUT2D eigenvalue weighted by atomic mass is 10.1. The van der Waals surface area contributed by atoms with Crippen molar-refractivity contribution in [3.8, 4) is 0 Å². The van der Waals surface area contributed by atoms with Gasteiger partial charge >= 0.3 is 5.76 Å². The Hall–Kier alpha value is -3.13. The summed E-state index contributed by atoms with van der Waals surface area (Å²) in [6, 6.07) is 9.72. The van der Waals surface area contributed by atoms with Crippen molar-refractivity contribution in [3.63, 3.8) is 0 Å². The van der Waals surface area contributed by atoms with Crippen LogP contribution in [0.25, 0.3) is 11.1 Å². The molecule has 2 aromatic carbocycles. The fourth-order valence-corrected chi connectivity index (χ4v) is 3.98. The number of hydrogen-bond acceptors (Lipinski definition) is 5. The summed E-state index contributed by atoms with van der Waals surface area (Å²) in [5, 5.41) is 14.6. The molecule has 1 aromatic heterocycles. The highest BCUT2D eigenvalue weighted by molar-refractivity contribution is 6.30. The molecule has 1 N–H and O–H groups in total. The van der Waals surface area contributed by atoms with E-state index < -0.39 is 10.7 Å². The number of non-ortho nitro benzene ring substituents is 1. The molecule has 0 saturated heterocycles. The second-order valence-corrected chi connectivity index (χ2v) is 7.47. The van der Waals surface area contributed by atoms with Crippen molar-refractivity contribution in [1.82, 2.24) is 9.88 Å². The van der Waals surface area contributed by atoms with E-state index in [1.54, 1.807) is 0 Å². The molecule has 29 heavy (non-hydrogen) atoms. The number of hydrogen-bond donors (Lipinski definition) is 1. The van der Waals surface area contributed by atoms with Gasteiger partial charge in [-0.05, 0) is 48.6 Å². The van der Waals surface area contributed by atoms with Crippen LogP contribution in [0.2, 0.25) is 5.02 Å². The SMILES string of the molecule is O=C(CCCn1c(=O)oc2cc([N+](=O)[O-])ccc21)NC1CCc2cc(Cl)ccc21. The van der Waals surface area contributed by atoms with E-state index in [2.05, 4.69) is 5.32 Å². The predicted octanol–water partition coefficient (Wildman–Crippen LogP) is 3.74. The Balaban J connectivity index is 1.37. The number of aromatic nitrogens is 1. The summed E-state index contributed by atoms with van der Waals surface area (Å²) in [5.41, 5.74) is 2.75. The fourth-order valence-electron chi connectivity index (χ4n) is 3.78. The summed E-state index contributed by atoms with van der Waals surface area (Å²) in [6.07, 6.45) is 2.42. The smallest absolute Gasteiger partial charge is 0.407 e. The van der Waals surface area contributed by atoms with Crippen molar-refractivity contribution >= 4 is 34.3 Å². The van der Waals surface area contributed by atoms with E-state index in [1.807, 2.05) is 18.2 Å². The quantitative estimate of drug-likeness (QED) is 0.487. The molecule has 4 rings (SSSR count). The maximum Gasteiger partial charge on any atom is 0.419 e. The van der Waals surface area contributed by atoms with E-state index in [0.29, 0.717) is 17.0 Å². The van der Waals surface area contributed by atoms with E-state index in [0.717, 1.165) is 24.0 Å². The standard InChI is InChI=1S/C20H18ClN3O5/c21-13-4-6-15-12(10-13)3-7-16(15)22-19(25)2-1-9-23-17-8-5-14(24(27)28)11-18(17)29-20(23)26/h4-6,8,10-11,16H,1-3,7,9H2,(H,22,25). The number of nitrogens with zero attached hydrogens (tertiary/aromatic N) is 2. The Labute approximate surface area is 170 Å². The molecule has 3 aromatic rings. The summed E-state index contributed by atoms with van der Waals surface area (Å²) < 4.78 is 6.48. The van der Waals surface area contributed by atoms with Crippen molar-refractivity contribution in [2.24, 2.45) is 0 Å². The van der Waals surface area contributed by atoms with Gasteiger partial charge in [0.05, 0.1) is 22.5 Å². The first kappa shape index (κ1) is 19.2. The summed E-state index contributed by atoms with van der Waals surface area (Å²) in [5.74, 6) is -0.684. The largest absolute Gasteiger partial charge is 0.419 e. The van der Waals surface area contributed by atoms with Crippen LogP contribution in [0.3, 0.4) is 0 Å². The second kappa shape index (κ2) is 7.71. The lowest BCUT2D eigenvalue weighted by molar-refractivity contribution is -0.384. The van der Waals surface area contributed by atoms with Crippen molar-refractivity contribution in [3.05, 3.63) is 73.2 Å². The molecule has 9 heteroatoms. The maximum absolute atomic E-state index is 12.3. The van der Waals surface area contributed by atoms with Gasteiger partial charge in [-0.3, -0.25) is 19.5 Å². The van der Waals surface area contributed by atoms with Crippen LogP contribution in [0.1, 0.15) is 36.4 Å². The Morgan fingerprint density at radius 2 is 2.14 bits per heavy atom. The average molecular weight is 416 g/mol. The number of halogens is 1. The molecule has 1 aliphatic carbocycles. The highest BCUT2D eigenvalue weighted by Crippen LogP contribution is 2.32. The molecule has 0 saturated carbocycles. The zero-order chi connectivity index (χ0) is 20.5. The van der Waals surface area contributed by atoms with Crippen LogP contribution in [0.5, 0.6) is 0 Å². The first-order valence-electron chi connectivity index (χ1n) is 9.28. The lowest BCUT2D eigenvalue weighted by Gasteiger charge is -2.14. The molecular formula is C20H18ClN3O5. The molecule has 1 amide bonds. The summed E-state index contributed by atoms with van der Waals surface area (Å²) in [7, 11) is 0. The highest BCUT2D eigenvalue weighted by Gasteiger charge is 2.24. The number of nitrogens with one attached hydrogen (secondary N) is 1. The monoisotopic (exact) mass is 415 g/mol. The van der Waals surface area contributed by atoms with Crippen molar-refractivity contribution < 1.29 is 14.1 Å². The van der Waals surface area contributed by atoms with E-state index in [4.69, 9.17) is 16.0 Å². The van der Waals surface area contributed by atoms with E-state index >= 15 is 0 Å². The van der Waals surface area contributed by atoms with Crippen LogP contribution in [-0.2, 0) is 17.8 Å². The first-order valence-corrected chi connectivity index (χ1v) is 9.65. The minimum absolute atomic E-state index is 0.0206. The van der Waals surface area contributed by atoms with Crippen molar-refractivity contribution in [2.45, 2.75) is 38.3 Å². The van der Waals surface area contributed by atoms with Gasteiger partial charge in [-0.15, -0.1) is 0 Å². The number of carbonyl (C=O) groups is 1. The zero-order valence-corrected chi connectivity index (χ0v) is 16.1. The zero-order valence-electron chi connectivity index (χ0n) is 15.4. The number of rotatable bonds is 6. The number of nitro groups is 1. The molecule has 0 fully saturated rings. The Bertz CT molecular complexity index is 1170. The normalized spacial score (nSPS) is 15.4. The molecule has 150 valence electrons. The van der Waals surface area contributed by atoms with Crippen LogP contribution in [0.15, 0.2) is 45.6 Å². The third kappa shape index (κ3) is 3.88. The van der Waals surface area contributed by atoms with Crippen LogP contribution in [-0.4, -0.2) is 15.4 Å². The van der Waals surface area contributed by atoms with Crippen LogP contribution in [0, 0.1) is 10.1 Å². The van der Waals surface area contributed by atoms with Gasteiger partial charge in [0.2, 0.25) is 5.91 Å². The summed E-state index contributed by atoms with van der Waals surface area (Å²) in [4.78, 5) is 34.7. The van der Waals surface area contributed by atoms with Crippen molar-refractivity contribution in [1.29, 1.82) is 0 Å². The number of oxazole rings is 1. The molecule has 0 aliphatic heterocycles. The van der Waals surface area contributed by atoms with Crippen molar-refractivity contribution in [2.75, 3.05) is 0 Å². The molecule has 0 radical (unpaired) electrons. The summed E-state index contributed by atoms with van der Waals surface area (Å²) >= 11 is 6.02. The average Bonchev–Trinajstić information content (AvgIpc) is 3.21. The number of benzene rings is 2. The second-order valence-electron chi connectivity index (χ2n) is 7.03. The van der Waals surface area contributed by atoms with E-state index in [-0.39, 0.29) is 36.2 Å². The van der Waals surface area contributed by atoms with Crippen LogP contribution in [0.4, 0.5) is 5.69 Å². The Morgan fingerprint density at radius 1 is 1.31 bits per heavy atom. The lowest BCUT2D eigenvalue weighted by Crippen LogP contribution is -2.27. The van der Waals surface area contributed by atoms with Gasteiger partial charge in [0.1, 0.15) is 0 Å². The minimum atomic E-state index is -0.595. The number of carbonyl (C=O) groups excluding carboxylic acids is 1. The van der Waals surface area contributed by atoms with Gasteiger partial charge in [0.15, 0.2) is 5.58 Å². The fraction of sp³-hybridized carbons (Fsp3) is 0.300. The molecule has 1 aliphatic rings. The van der Waals surface area contributed by atoms with Gasteiger partial charge in [0.25, 0.3) is 5.69 Å². The molecule has 1 atom stereocenters. The maximum atomic E-state index is 12.3. The molecule has 8 nitrogen and oxygen atoms in total. The topological polar surface area (TPSA) is 107 Å². The van der Waals surface area contributed by atoms with Gasteiger partial charge < -0.3 is 9.73 Å². The highest BCUT2D eigenvalue weighted by atomic mass is 35.5. The molecular weight excluding hydrogens is 398 g/mol. The number of fused-ring (bicyclic) bond motifs is 2. The Kier molecular flexibility index (Phi) is 5.10. The molecule has 0 spiro atoms. The molecule has 1 heterocycles. The number of nitro benzene ring substituents is 1. The predicted molar refractivity (Wildman–Crippen MR) is 107 cm³/mol. The third-order valence-corrected chi connectivity index (χ3v) is 5.40. The van der Waals surface area contributed by atoms with Gasteiger partial charge in [0, 0.05) is 24.1 Å². The molecule has 0 bridgehead atoms. The van der Waals surface area contributed by atoms with E-state index in [1.165, 1.54) is 22.8 Å². The molecule has 1 unspecified atom stereocenters. The number of aryl methyl sites for hydroxylation is 2. The first-order chi connectivity index (χ1) is 13.9. The van der Waals surface area contributed by atoms with Gasteiger partial charge in [-0.1, -0.05) is 17.7 Å². The van der Waals surface area contributed by atoms with Gasteiger partial charge in [-0.2, -0.15) is 0 Å².